The highest BCUT2D eigenvalue weighted by Crippen LogP contribution is 2.36. The van der Waals surface area contributed by atoms with Crippen LogP contribution >= 0.6 is 0 Å². The van der Waals surface area contributed by atoms with Crippen LogP contribution < -0.4 is 5.49 Å². The average Bonchev–Trinajstić information content (AvgIpc) is 3.12. The van der Waals surface area contributed by atoms with Gasteiger partial charge in [0, 0.05) is 18.1 Å². The summed E-state index contributed by atoms with van der Waals surface area (Å²) in [6, 6.07) is 8.48. The Morgan fingerprint density at radius 2 is 2.12 bits per heavy atom. The number of nitrogens with zero attached hydrogens (tertiary/aromatic N) is 4. The zero-order valence-corrected chi connectivity index (χ0v) is 13.3. The molecular formula is C17H17N5O3. The number of amides is 1. The van der Waals surface area contributed by atoms with E-state index in [-0.39, 0.29) is 24.5 Å². The first-order valence-electron chi connectivity index (χ1n) is 8.02. The normalized spacial score (nSPS) is 23.6. The number of imidazole rings is 1. The molecule has 3 N–H and O–H groups in total. The van der Waals surface area contributed by atoms with E-state index in [1.165, 1.54) is 12.7 Å². The lowest BCUT2D eigenvalue weighted by atomic mass is 9.77. The van der Waals surface area contributed by atoms with Crippen LogP contribution in [0.2, 0.25) is 0 Å². The number of aliphatic hydroxyl groups is 2. The van der Waals surface area contributed by atoms with E-state index in [9.17, 15) is 15.0 Å². The van der Waals surface area contributed by atoms with Crippen molar-refractivity contribution in [1.29, 1.82) is 0 Å². The summed E-state index contributed by atoms with van der Waals surface area (Å²) in [6.45, 7) is -0.0760. The minimum absolute atomic E-state index is 0.0760. The van der Waals surface area contributed by atoms with Crippen LogP contribution in [-0.2, 0) is 0 Å². The third kappa shape index (κ3) is 2.65. The topological polar surface area (TPSA) is 116 Å². The third-order valence-corrected chi connectivity index (χ3v) is 4.63. The number of nitrogens with one attached hydrogen (secondary N) is 1. The summed E-state index contributed by atoms with van der Waals surface area (Å²) in [7, 11) is 0. The van der Waals surface area contributed by atoms with Crippen LogP contribution in [0.4, 0.5) is 0 Å². The fourth-order valence-corrected chi connectivity index (χ4v) is 3.12. The first-order valence-corrected chi connectivity index (χ1v) is 8.02. The fraction of sp³-hybridized carbons (Fsp3) is 0.294. The number of hydrogen-bond donors (Lipinski definition) is 3. The Hall–Kier alpha value is -2.84. The molecule has 1 saturated carbocycles. The van der Waals surface area contributed by atoms with Crippen LogP contribution in [0.3, 0.4) is 0 Å². The van der Waals surface area contributed by atoms with Gasteiger partial charge in [0.15, 0.2) is 11.1 Å². The zero-order valence-electron chi connectivity index (χ0n) is 13.3. The number of rotatable bonds is 3. The van der Waals surface area contributed by atoms with Gasteiger partial charge in [0.05, 0.1) is 24.8 Å². The van der Waals surface area contributed by atoms with E-state index in [0.717, 1.165) is 0 Å². The summed E-state index contributed by atoms with van der Waals surface area (Å²) in [4.78, 5) is 28.1. The maximum atomic E-state index is 12.5. The second-order valence-corrected chi connectivity index (χ2v) is 6.10. The Bertz CT molecular complexity index is 979. The number of carbonyl (C=O) groups excluding carboxylic acids is 1. The van der Waals surface area contributed by atoms with Crippen LogP contribution in [0, 0.1) is 5.92 Å². The number of aliphatic hydroxyl groups excluding tert-OH is 2. The minimum Gasteiger partial charge on any atom is -0.396 e. The van der Waals surface area contributed by atoms with Gasteiger partial charge in [0.1, 0.15) is 5.52 Å². The average molecular weight is 339 g/mol. The summed E-state index contributed by atoms with van der Waals surface area (Å²) >= 11 is 0. The molecule has 4 rings (SSSR count). The van der Waals surface area contributed by atoms with Crippen molar-refractivity contribution in [2.24, 2.45) is 10.9 Å². The molecule has 1 fully saturated rings. The van der Waals surface area contributed by atoms with Crippen molar-refractivity contribution in [3.8, 4) is 0 Å². The quantitative estimate of drug-likeness (QED) is 0.639. The van der Waals surface area contributed by atoms with E-state index in [4.69, 9.17) is 0 Å². The Kier molecular flexibility index (Phi) is 3.90. The Labute approximate surface area is 142 Å². The predicted molar refractivity (Wildman–Crippen MR) is 88.5 cm³/mol. The van der Waals surface area contributed by atoms with Gasteiger partial charge in [0.2, 0.25) is 0 Å². The lowest BCUT2D eigenvalue weighted by molar-refractivity contribution is -0.0579. The highest BCUT2D eigenvalue weighted by molar-refractivity contribution is 5.95. The van der Waals surface area contributed by atoms with Gasteiger partial charge in [-0.25, -0.2) is 9.97 Å². The van der Waals surface area contributed by atoms with Gasteiger partial charge in [-0.05, 0) is 18.6 Å². The molecule has 8 nitrogen and oxygen atoms in total. The number of hydrogen-bond acceptors (Lipinski definition) is 5. The van der Waals surface area contributed by atoms with Crippen LogP contribution in [0.25, 0.3) is 11.2 Å². The molecule has 1 amide bonds. The lowest BCUT2D eigenvalue weighted by Crippen LogP contribution is -2.48. The van der Waals surface area contributed by atoms with Crippen LogP contribution in [0.5, 0.6) is 0 Å². The molecule has 25 heavy (non-hydrogen) atoms. The van der Waals surface area contributed by atoms with Gasteiger partial charge >= 0.3 is 0 Å². The van der Waals surface area contributed by atoms with Gasteiger partial charge < -0.3 is 19.8 Å². The van der Waals surface area contributed by atoms with E-state index >= 15 is 0 Å². The molecule has 0 spiro atoms. The fourth-order valence-electron chi connectivity index (χ4n) is 3.12. The van der Waals surface area contributed by atoms with Gasteiger partial charge in [-0.1, -0.05) is 18.2 Å². The first kappa shape index (κ1) is 15.7. The van der Waals surface area contributed by atoms with E-state index in [0.29, 0.717) is 28.6 Å². The molecule has 128 valence electrons. The smallest absolute Gasteiger partial charge is 0.279 e. The Morgan fingerprint density at radius 1 is 1.32 bits per heavy atom. The number of benzene rings is 1. The predicted octanol–water partition coefficient (Wildman–Crippen LogP) is 0.415. The molecular weight excluding hydrogens is 322 g/mol. The van der Waals surface area contributed by atoms with E-state index in [1.54, 1.807) is 28.8 Å². The second kappa shape index (κ2) is 6.23. The third-order valence-electron chi connectivity index (χ3n) is 4.63. The summed E-state index contributed by atoms with van der Waals surface area (Å²) in [5.74, 6) is -0.559. The van der Waals surface area contributed by atoms with Gasteiger partial charge in [-0.3, -0.25) is 4.79 Å². The number of aromatic nitrogens is 4. The van der Waals surface area contributed by atoms with Crippen molar-refractivity contribution in [2.75, 3.05) is 6.61 Å². The van der Waals surface area contributed by atoms with Crippen LogP contribution in [-0.4, -0.2) is 48.4 Å². The van der Waals surface area contributed by atoms with Gasteiger partial charge in [0.25, 0.3) is 5.91 Å². The van der Waals surface area contributed by atoms with Crippen molar-refractivity contribution in [1.82, 2.24) is 19.5 Å². The van der Waals surface area contributed by atoms with E-state index < -0.39 is 6.10 Å². The van der Waals surface area contributed by atoms with Gasteiger partial charge in [-0.15, -0.1) is 0 Å². The molecule has 3 aromatic rings. The molecule has 0 radical (unpaired) electrons. The summed E-state index contributed by atoms with van der Waals surface area (Å²) in [5.41, 5.74) is 1.83. The molecule has 0 bridgehead atoms. The SMILES string of the molecule is O=C(N=c1c2[nH]cnc2ncn1[C@@H]1C[C@H](CO)[C@H]1O)c1ccccc1. The molecule has 2 heterocycles. The van der Waals surface area contributed by atoms with Crippen molar-refractivity contribution < 1.29 is 15.0 Å². The molecule has 0 saturated heterocycles. The molecule has 0 unspecified atom stereocenters. The lowest BCUT2D eigenvalue weighted by Gasteiger charge is -2.41. The standard InChI is InChI=1S/C17H17N5O3/c23-7-11-6-12(14(11)24)22-9-20-15-13(18-8-19-15)16(22)21-17(25)10-4-2-1-3-5-10/h1-5,8-9,11-12,14,23-24H,6-7H2,(H,18,19)/t11-,12-,14-/m1/s1. The van der Waals surface area contributed by atoms with Crippen molar-refractivity contribution >= 4 is 17.1 Å². The van der Waals surface area contributed by atoms with E-state index in [1.807, 2.05) is 6.07 Å². The maximum Gasteiger partial charge on any atom is 0.279 e. The Morgan fingerprint density at radius 3 is 2.84 bits per heavy atom. The monoisotopic (exact) mass is 339 g/mol. The summed E-state index contributed by atoms with van der Waals surface area (Å²) in [5, 5.41) is 19.5. The highest BCUT2D eigenvalue weighted by atomic mass is 16.3. The second-order valence-electron chi connectivity index (χ2n) is 6.10. The molecule has 0 aliphatic heterocycles. The van der Waals surface area contributed by atoms with E-state index in [2.05, 4.69) is 19.9 Å². The van der Waals surface area contributed by atoms with Crippen molar-refractivity contribution in [3.05, 3.63) is 54.0 Å². The first-order chi connectivity index (χ1) is 12.2. The summed E-state index contributed by atoms with van der Waals surface area (Å²) < 4.78 is 1.68. The number of H-pyrrole nitrogens is 1. The maximum absolute atomic E-state index is 12.5. The molecule has 1 aromatic carbocycles. The number of aromatic amines is 1. The molecule has 8 heteroatoms. The van der Waals surface area contributed by atoms with Crippen LogP contribution in [0.15, 0.2) is 48.0 Å². The zero-order chi connectivity index (χ0) is 17.4. The largest absolute Gasteiger partial charge is 0.396 e. The number of fused-ring (bicyclic) bond motifs is 1. The Balaban J connectivity index is 1.84. The molecule has 2 aromatic heterocycles. The van der Waals surface area contributed by atoms with Gasteiger partial charge in [-0.2, -0.15) is 4.99 Å². The van der Waals surface area contributed by atoms with Crippen LogP contribution in [0.1, 0.15) is 22.8 Å². The summed E-state index contributed by atoms with van der Waals surface area (Å²) in [6.07, 6.45) is 2.90. The minimum atomic E-state index is -0.710. The molecule has 1 aliphatic carbocycles. The number of carbonyl (C=O) groups is 1. The van der Waals surface area contributed by atoms with Crippen molar-refractivity contribution in [3.63, 3.8) is 0 Å². The highest BCUT2D eigenvalue weighted by Gasteiger charge is 2.41. The molecule has 3 atom stereocenters. The van der Waals surface area contributed by atoms with Crippen molar-refractivity contribution in [2.45, 2.75) is 18.6 Å². The molecule has 1 aliphatic rings.